The van der Waals surface area contributed by atoms with Crippen molar-refractivity contribution in [3.63, 3.8) is 0 Å². The lowest BCUT2D eigenvalue weighted by Gasteiger charge is -2.11. The lowest BCUT2D eigenvalue weighted by Crippen LogP contribution is -2.06. The van der Waals surface area contributed by atoms with Crippen molar-refractivity contribution in [1.29, 1.82) is 0 Å². The molecule has 0 bridgehead atoms. The molecule has 0 aromatic heterocycles. The number of carbonyl (C=O) groups excluding carboxylic acids is 2. The SMILES string of the molecule is CCOC(=O)CCC(=O)C=C(O)c1c2ccccc2cc2ccccc12. The molecule has 0 aliphatic rings. The number of allylic oxidation sites excluding steroid dienone is 1. The number of fused-ring (bicyclic) bond motifs is 2. The Morgan fingerprint density at radius 2 is 1.54 bits per heavy atom. The number of aliphatic hydroxyl groups is 1. The van der Waals surface area contributed by atoms with E-state index >= 15 is 0 Å². The Bertz CT molecular complexity index is 947. The highest BCUT2D eigenvalue weighted by Crippen LogP contribution is 2.32. The maximum absolute atomic E-state index is 12.2. The van der Waals surface area contributed by atoms with Crippen molar-refractivity contribution >= 4 is 39.1 Å². The van der Waals surface area contributed by atoms with E-state index in [2.05, 4.69) is 6.07 Å². The van der Waals surface area contributed by atoms with Crippen molar-refractivity contribution in [2.75, 3.05) is 6.61 Å². The van der Waals surface area contributed by atoms with Crippen LogP contribution in [0.25, 0.3) is 27.3 Å². The minimum Gasteiger partial charge on any atom is -0.507 e. The predicted octanol–water partition coefficient (Wildman–Crippen LogP) is 4.80. The molecule has 0 radical (unpaired) electrons. The summed E-state index contributed by atoms with van der Waals surface area (Å²) in [6.45, 7) is 2.01. The van der Waals surface area contributed by atoms with Crippen molar-refractivity contribution < 1.29 is 19.4 Å². The fraction of sp³-hybridized carbons (Fsp3) is 0.182. The summed E-state index contributed by atoms with van der Waals surface area (Å²) < 4.78 is 4.82. The third-order valence-corrected chi connectivity index (χ3v) is 4.21. The highest BCUT2D eigenvalue weighted by Gasteiger charge is 2.13. The van der Waals surface area contributed by atoms with Crippen molar-refractivity contribution in [3.05, 3.63) is 66.2 Å². The highest BCUT2D eigenvalue weighted by atomic mass is 16.5. The van der Waals surface area contributed by atoms with Crippen LogP contribution in [0.2, 0.25) is 0 Å². The van der Waals surface area contributed by atoms with Crippen molar-refractivity contribution in [3.8, 4) is 0 Å². The zero-order valence-electron chi connectivity index (χ0n) is 14.6. The summed E-state index contributed by atoms with van der Waals surface area (Å²) in [5, 5.41) is 14.4. The quantitative estimate of drug-likeness (QED) is 0.301. The lowest BCUT2D eigenvalue weighted by atomic mass is 9.95. The molecule has 3 aromatic carbocycles. The van der Waals surface area contributed by atoms with E-state index in [4.69, 9.17) is 4.74 Å². The third kappa shape index (κ3) is 3.75. The summed E-state index contributed by atoms with van der Waals surface area (Å²) in [4.78, 5) is 23.6. The molecule has 1 N–H and O–H groups in total. The number of hydrogen-bond acceptors (Lipinski definition) is 4. The molecule has 0 fully saturated rings. The van der Waals surface area contributed by atoms with E-state index in [1.54, 1.807) is 6.92 Å². The minimum atomic E-state index is -0.413. The summed E-state index contributed by atoms with van der Waals surface area (Å²) in [5.74, 6) is -0.816. The fourth-order valence-corrected chi connectivity index (χ4v) is 3.04. The fourth-order valence-electron chi connectivity index (χ4n) is 3.04. The number of benzene rings is 3. The van der Waals surface area contributed by atoms with Gasteiger partial charge in [0.15, 0.2) is 5.78 Å². The molecule has 26 heavy (non-hydrogen) atoms. The molecule has 3 rings (SSSR count). The van der Waals surface area contributed by atoms with Crippen LogP contribution in [0.3, 0.4) is 0 Å². The average Bonchev–Trinajstić information content (AvgIpc) is 2.64. The largest absolute Gasteiger partial charge is 0.507 e. The molecule has 0 saturated heterocycles. The van der Waals surface area contributed by atoms with Crippen LogP contribution in [0.5, 0.6) is 0 Å². The van der Waals surface area contributed by atoms with E-state index in [0.29, 0.717) is 5.56 Å². The second kappa shape index (κ2) is 7.83. The molecule has 0 aliphatic heterocycles. The summed E-state index contributed by atoms with van der Waals surface area (Å²) in [6.07, 6.45) is 1.21. The van der Waals surface area contributed by atoms with E-state index in [0.717, 1.165) is 21.5 Å². The molecule has 4 nitrogen and oxygen atoms in total. The zero-order chi connectivity index (χ0) is 18.5. The zero-order valence-corrected chi connectivity index (χ0v) is 14.6. The summed E-state index contributed by atoms with van der Waals surface area (Å²) in [7, 11) is 0. The van der Waals surface area contributed by atoms with Crippen LogP contribution in [0, 0.1) is 0 Å². The number of aliphatic hydroxyl groups excluding tert-OH is 1. The van der Waals surface area contributed by atoms with Gasteiger partial charge in [-0.25, -0.2) is 0 Å². The first-order valence-corrected chi connectivity index (χ1v) is 8.60. The van der Waals surface area contributed by atoms with Crippen LogP contribution < -0.4 is 0 Å². The third-order valence-electron chi connectivity index (χ3n) is 4.21. The van der Waals surface area contributed by atoms with Gasteiger partial charge in [-0.15, -0.1) is 0 Å². The van der Waals surface area contributed by atoms with E-state index in [9.17, 15) is 14.7 Å². The minimum absolute atomic E-state index is 0.00555. The molecule has 0 unspecified atom stereocenters. The van der Waals surface area contributed by atoms with Gasteiger partial charge < -0.3 is 9.84 Å². The molecule has 0 heterocycles. The van der Waals surface area contributed by atoms with Crippen LogP contribution in [0.1, 0.15) is 25.3 Å². The van der Waals surface area contributed by atoms with Crippen LogP contribution >= 0.6 is 0 Å². The summed E-state index contributed by atoms with van der Waals surface area (Å²) in [5.41, 5.74) is 0.628. The molecule has 3 aromatic rings. The van der Waals surface area contributed by atoms with Gasteiger partial charge in [0.2, 0.25) is 0 Å². The molecule has 0 spiro atoms. The first kappa shape index (κ1) is 17.7. The van der Waals surface area contributed by atoms with Gasteiger partial charge in [-0.3, -0.25) is 9.59 Å². The Morgan fingerprint density at radius 1 is 0.962 bits per heavy atom. The highest BCUT2D eigenvalue weighted by molar-refractivity contribution is 6.10. The Balaban J connectivity index is 1.99. The maximum atomic E-state index is 12.2. The van der Waals surface area contributed by atoms with Crippen molar-refractivity contribution in [2.45, 2.75) is 19.8 Å². The normalized spacial score (nSPS) is 11.7. The van der Waals surface area contributed by atoms with Gasteiger partial charge in [0, 0.05) is 18.1 Å². The number of carbonyl (C=O) groups is 2. The Kier molecular flexibility index (Phi) is 5.32. The van der Waals surface area contributed by atoms with E-state index < -0.39 is 5.97 Å². The average molecular weight is 348 g/mol. The smallest absolute Gasteiger partial charge is 0.306 e. The number of hydrogen-bond donors (Lipinski definition) is 1. The topological polar surface area (TPSA) is 63.6 Å². The van der Waals surface area contributed by atoms with Crippen molar-refractivity contribution in [2.24, 2.45) is 0 Å². The molecule has 0 aliphatic carbocycles. The van der Waals surface area contributed by atoms with Gasteiger partial charge in [0.05, 0.1) is 13.0 Å². The van der Waals surface area contributed by atoms with E-state index in [1.807, 2.05) is 48.5 Å². The number of esters is 1. The Morgan fingerprint density at radius 3 is 2.12 bits per heavy atom. The number of ketones is 1. The number of ether oxygens (including phenoxy) is 1. The van der Waals surface area contributed by atoms with Gasteiger partial charge >= 0.3 is 5.97 Å². The Labute approximate surface area is 151 Å². The number of rotatable bonds is 6. The monoisotopic (exact) mass is 348 g/mol. The molecule has 0 amide bonds. The Hall–Kier alpha value is -3.14. The second-order valence-electron chi connectivity index (χ2n) is 5.99. The predicted molar refractivity (Wildman–Crippen MR) is 103 cm³/mol. The molecule has 4 heteroatoms. The van der Waals surface area contributed by atoms with Gasteiger partial charge in [-0.05, 0) is 34.5 Å². The maximum Gasteiger partial charge on any atom is 0.306 e. The lowest BCUT2D eigenvalue weighted by molar-refractivity contribution is -0.144. The molecular weight excluding hydrogens is 328 g/mol. The van der Waals surface area contributed by atoms with Crippen LogP contribution in [0.15, 0.2) is 60.7 Å². The van der Waals surface area contributed by atoms with E-state index in [1.165, 1.54) is 6.08 Å². The van der Waals surface area contributed by atoms with Gasteiger partial charge in [-0.1, -0.05) is 48.5 Å². The van der Waals surface area contributed by atoms with Gasteiger partial charge in [0.1, 0.15) is 5.76 Å². The van der Waals surface area contributed by atoms with Crippen LogP contribution in [0.4, 0.5) is 0 Å². The summed E-state index contributed by atoms with van der Waals surface area (Å²) >= 11 is 0. The first-order chi connectivity index (χ1) is 12.6. The molecular formula is C22H20O4. The van der Waals surface area contributed by atoms with E-state index in [-0.39, 0.29) is 31.0 Å². The van der Waals surface area contributed by atoms with Gasteiger partial charge in [-0.2, -0.15) is 0 Å². The molecule has 132 valence electrons. The van der Waals surface area contributed by atoms with Crippen LogP contribution in [-0.4, -0.2) is 23.5 Å². The van der Waals surface area contributed by atoms with Gasteiger partial charge in [0.25, 0.3) is 0 Å². The van der Waals surface area contributed by atoms with Crippen molar-refractivity contribution in [1.82, 2.24) is 0 Å². The second-order valence-corrected chi connectivity index (χ2v) is 5.99. The first-order valence-electron chi connectivity index (χ1n) is 8.60. The standard InChI is InChI=1S/C22H20O4/c1-2-26-21(25)12-11-17(23)14-20(24)22-18-9-5-3-7-15(18)13-16-8-4-6-10-19(16)22/h3-10,13-14,24H,2,11-12H2,1H3. The summed E-state index contributed by atoms with van der Waals surface area (Å²) in [6, 6.07) is 17.5. The molecule has 0 atom stereocenters. The molecule has 0 saturated carbocycles. The van der Waals surface area contributed by atoms with Crippen LogP contribution in [-0.2, 0) is 14.3 Å².